The van der Waals surface area contributed by atoms with Crippen molar-refractivity contribution in [2.45, 2.75) is 38.1 Å². The number of amides is 3. The molecule has 0 spiro atoms. The average Bonchev–Trinajstić information content (AvgIpc) is 3.49. The maximum absolute atomic E-state index is 14.2. The highest BCUT2D eigenvalue weighted by Crippen LogP contribution is 2.33. The second-order valence-corrected chi connectivity index (χ2v) is 11.0. The van der Waals surface area contributed by atoms with Crippen molar-refractivity contribution in [3.05, 3.63) is 29.6 Å². The molecule has 4 rings (SSSR count). The highest BCUT2D eigenvalue weighted by atomic mass is 32.2. The van der Waals surface area contributed by atoms with E-state index in [2.05, 4.69) is 15.4 Å². The Morgan fingerprint density at radius 2 is 1.97 bits per heavy atom. The van der Waals surface area contributed by atoms with Crippen LogP contribution in [0.3, 0.4) is 0 Å². The molecule has 182 valence electrons. The van der Waals surface area contributed by atoms with E-state index < -0.39 is 27.9 Å². The van der Waals surface area contributed by atoms with E-state index >= 15 is 0 Å². The molecule has 0 bridgehead atoms. The number of unbranched alkanes of at least 4 members (excludes halogenated alkanes) is 2. The van der Waals surface area contributed by atoms with E-state index in [0.717, 1.165) is 12.8 Å². The molecule has 3 aliphatic rings. The van der Waals surface area contributed by atoms with E-state index in [-0.39, 0.29) is 29.9 Å². The van der Waals surface area contributed by atoms with Crippen LogP contribution in [-0.2, 0) is 14.8 Å². The Kier molecular flexibility index (Phi) is 7.50. The van der Waals surface area contributed by atoms with Gasteiger partial charge in [-0.2, -0.15) is 0 Å². The molecule has 2 heterocycles. The third-order valence-corrected chi connectivity index (χ3v) is 7.73. The molecule has 0 radical (unpaired) electrons. The van der Waals surface area contributed by atoms with Crippen LogP contribution in [0, 0.1) is 17.7 Å². The third-order valence-electron chi connectivity index (χ3n) is 6.29. The molecule has 1 unspecified atom stereocenters. The number of rotatable bonds is 13. The highest BCUT2D eigenvalue weighted by Gasteiger charge is 2.32. The first-order valence-electron chi connectivity index (χ1n) is 11.5. The van der Waals surface area contributed by atoms with Crippen molar-refractivity contribution in [2.24, 2.45) is 11.8 Å². The quantitative estimate of drug-likeness (QED) is 0.290. The van der Waals surface area contributed by atoms with Crippen LogP contribution < -0.4 is 20.1 Å². The molecule has 0 aromatic heterocycles. The van der Waals surface area contributed by atoms with Crippen LogP contribution >= 0.6 is 0 Å². The molecular weight excluding hydrogens is 451 g/mol. The van der Waals surface area contributed by atoms with Gasteiger partial charge in [0.25, 0.3) is 0 Å². The number of benzene rings is 1. The summed E-state index contributed by atoms with van der Waals surface area (Å²) in [6, 6.07) is 3.72. The molecule has 9 nitrogen and oxygen atoms in total. The van der Waals surface area contributed by atoms with Gasteiger partial charge < -0.3 is 15.0 Å². The lowest BCUT2D eigenvalue weighted by Gasteiger charge is -2.35. The zero-order chi connectivity index (χ0) is 23.4. The second kappa shape index (κ2) is 10.4. The van der Waals surface area contributed by atoms with Gasteiger partial charge in [-0.25, -0.2) is 22.3 Å². The molecule has 3 N–H and O–H groups in total. The highest BCUT2D eigenvalue weighted by molar-refractivity contribution is 7.89. The minimum atomic E-state index is -3.57. The van der Waals surface area contributed by atoms with E-state index in [4.69, 9.17) is 4.74 Å². The number of hydrogen-bond donors (Lipinski definition) is 3. The molecular formula is C22H31FN4O5S. The predicted octanol–water partition coefficient (Wildman–Crippen LogP) is 1.52. The average molecular weight is 483 g/mol. The monoisotopic (exact) mass is 482 g/mol. The number of sulfonamides is 1. The SMILES string of the molecule is O=C1CN(CCCCCS(=O)(=O)NC(c2ccc(F)c(OCC3CC3)c2)C2CNC2)C(=O)N1. The van der Waals surface area contributed by atoms with Gasteiger partial charge in [-0.15, -0.1) is 0 Å². The van der Waals surface area contributed by atoms with Gasteiger partial charge in [0.2, 0.25) is 15.9 Å². The van der Waals surface area contributed by atoms with Crippen LogP contribution in [0.25, 0.3) is 0 Å². The Balaban J connectivity index is 1.30. The summed E-state index contributed by atoms with van der Waals surface area (Å²) in [5.74, 6) is -0.0704. The molecule has 1 aromatic carbocycles. The lowest BCUT2D eigenvalue weighted by molar-refractivity contribution is -0.118. The summed E-state index contributed by atoms with van der Waals surface area (Å²) >= 11 is 0. The van der Waals surface area contributed by atoms with Crippen molar-refractivity contribution in [1.29, 1.82) is 0 Å². The molecule has 1 aliphatic carbocycles. The number of halogens is 1. The van der Waals surface area contributed by atoms with E-state index in [0.29, 0.717) is 57.0 Å². The maximum Gasteiger partial charge on any atom is 0.324 e. The number of imide groups is 1. The van der Waals surface area contributed by atoms with Gasteiger partial charge in [0, 0.05) is 25.6 Å². The Morgan fingerprint density at radius 1 is 1.18 bits per heavy atom. The molecule has 2 saturated heterocycles. The molecule has 1 aromatic rings. The zero-order valence-corrected chi connectivity index (χ0v) is 19.3. The van der Waals surface area contributed by atoms with Crippen LogP contribution in [0.15, 0.2) is 18.2 Å². The van der Waals surface area contributed by atoms with Gasteiger partial charge in [-0.3, -0.25) is 10.1 Å². The Labute approximate surface area is 193 Å². The van der Waals surface area contributed by atoms with Crippen LogP contribution in [0.2, 0.25) is 0 Å². The number of nitrogens with zero attached hydrogens (tertiary/aromatic N) is 1. The fourth-order valence-electron chi connectivity index (χ4n) is 3.99. The number of ether oxygens (including phenoxy) is 1. The van der Waals surface area contributed by atoms with E-state index in [1.54, 1.807) is 12.1 Å². The van der Waals surface area contributed by atoms with Crippen molar-refractivity contribution < 1.29 is 27.1 Å². The molecule has 1 atom stereocenters. The first-order chi connectivity index (χ1) is 15.8. The number of hydrogen-bond acceptors (Lipinski definition) is 6. The summed E-state index contributed by atoms with van der Waals surface area (Å²) in [5, 5.41) is 5.38. The molecule has 3 fully saturated rings. The molecule has 2 aliphatic heterocycles. The standard InChI is InChI=1S/C22H31FN4O5S/c23-18-7-6-16(10-19(18)32-14-15-4-5-15)21(17-11-24-12-17)26-33(30,31)9-3-1-2-8-27-13-20(28)25-22(27)29/h6-7,10,15,17,21,24,26H,1-5,8-9,11-14H2,(H,25,28,29). The van der Waals surface area contributed by atoms with Crippen molar-refractivity contribution in [3.63, 3.8) is 0 Å². The fraction of sp³-hybridized carbons (Fsp3) is 0.636. The summed E-state index contributed by atoms with van der Waals surface area (Å²) in [5.41, 5.74) is 0.696. The Hall–Kier alpha value is -2.24. The summed E-state index contributed by atoms with van der Waals surface area (Å²) in [4.78, 5) is 24.2. The normalized spacial score (nSPS) is 20.0. The van der Waals surface area contributed by atoms with Crippen molar-refractivity contribution in [1.82, 2.24) is 20.3 Å². The first kappa shape index (κ1) is 23.9. The van der Waals surface area contributed by atoms with Crippen LogP contribution in [0.1, 0.15) is 43.7 Å². The number of urea groups is 1. The minimum absolute atomic E-state index is 0.0407. The van der Waals surface area contributed by atoms with Crippen molar-refractivity contribution in [2.75, 3.05) is 38.5 Å². The molecule has 11 heteroatoms. The fourth-order valence-corrected chi connectivity index (χ4v) is 5.40. The van der Waals surface area contributed by atoms with E-state index in [1.165, 1.54) is 11.0 Å². The summed E-state index contributed by atoms with van der Waals surface area (Å²) in [6.07, 6.45) is 3.87. The van der Waals surface area contributed by atoms with E-state index in [1.807, 2.05) is 0 Å². The van der Waals surface area contributed by atoms with Gasteiger partial charge >= 0.3 is 6.03 Å². The van der Waals surface area contributed by atoms with Crippen LogP contribution in [0.4, 0.5) is 9.18 Å². The first-order valence-corrected chi connectivity index (χ1v) is 13.2. The number of carbonyl (C=O) groups excluding carboxylic acids is 2. The summed E-state index contributed by atoms with van der Waals surface area (Å²) in [7, 11) is -3.57. The van der Waals surface area contributed by atoms with Crippen LogP contribution in [-0.4, -0.2) is 63.8 Å². The Morgan fingerprint density at radius 3 is 2.61 bits per heavy atom. The molecule has 1 saturated carbocycles. The smallest absolute Gasteiger partial charge is 0.324 e. The third kappa shape index (κ3) is 6.64. The van der Waals surface area contributed by atoms with Crippen LogP contribution in [0.5, 0.6) is 5.75 Å². The molecule has 3 amide bonds. The topological polar surface area (TPSA) is 117 Å². The van der Waals surface area contributed by atoms with Gasteiger partial charge in [-0.05, 0) is 49.3 Å². The van der Waals surface area contributed by atoms with Crippen molar-refractivity contribution in [3.8, 4) is 5.75 Å². The summed E-state index contributed by atoms with van der Waals surface area (Å²) < 4.78 is 48.3. The van der Waals surface area contributed by atoms with Gasteiger partial charge in [0.15, 0.2) is 11.6 Å². The summed E-state index contributed by atoms with van der Waals surface area (Å²) in [6.45, 7) is 2.31. The lowest BCUT2D eigenvalue weighted by Crippen LogP contribution is -2.50. The van der Waals surface area contributed by atoms with Gasteiger partial charge in [-0.1, -0.05) is 12.5 Å². The zero-order valence-electron chi connectivity index (χ0n) is 18.5. The predicted molar refractivity (Wildman–Crippen MR) is 120 cm³/mol. The maximum atomic E-state index is 14.2. The minimum Gasteiger partial charge on any atom is -0.490 e. The second-order valence-electron chi connectivity index (χ2n) is 9.11. The van der Waals surface area contributed by atoms with Gasteiger partial charge in [0.05, 0.1) is 18.4 Å². The van der Waals surface area contributed by atoms with E-state index in [9.17, 15) is 22.4 Å². The Bertz CT molecular complexity index is 981. The largest absolute Gasteiger partial charge is 0.490 e. The number of carbonyl (C=O) groups is 2. The number of nitrogens with one attached hydrogen (secondary N) is 3. The van der Waals surface area contributed by atoms with Gasteiger partial charge in [0.1, 0.15) is 6.54 Å². The lowest BCUT2D eigenvalue weighted by atomic mass is 9.89. The molecule has 33 heavy (non-hydrogen) atoms. The van der Waals surface area contributed by atoms with Crippen molar-refractivity contribution >= 4 is 22.0 Å².